The zero-order valence-corrected chi connectivity index (χ0v) is 21.9. The zero-order valence-electron chi connectivity index (χ0n) is 21.9. The molecule has 0 saturated carbocycles. The number of hydrogen-bond acceptors (Lipinski definition) is 3. The van der Waals surface area contributed by atoms with Crippen molar-refractivity contribution >= 4 is 5.97 Å². The van der Waals surface area contributed by atoms with Crippen LogP contribution >= 0.6 is 0 Å². The zero-order chi connectivity index (χ0) is 23.5. The van der Waals surface area contributed by atoms with Crippen LogP contribution in [-0.4, -0.2) is 25.8 Å². The molecule has 0 saturated heterocycles. The molecule has 3 nitrogen and oxygen atoms in total. The standard InChI is InChI=1S/C29H56O3/c1-4-31-26-24-22-20-18-16-14-12-10-8-6-5-7-9-11-13-15-17-19-21-23-25-27-32-29(30)28(2)3/h2,4-27H2,1,3H3. The Morgan fingerprint density at radius 3 is 1.09 bits per heavy atom. The van der Waals surface area contributed by atoms with Crippen LogP contribution < -0.4 is 0 Å². The van der Waals surface area contributed by atoms with Gasteiger partial charge in [-0.15, -0.1) is 0 Å². The fourth-order valence-corrected chi connectivity index (χ4v) is 4.10. The maximum absolute atomic E-state index is 11.2. The molecule has 0 bridgehead atoms. The van der Waals surface area contributed by atoms with Crippen molar-refractivity contribution in [2.75, 3.05) is 19.8 Å². The van der Waals surface area contributed by atoms with Crippen molar-refractivity contribution in [2.24, 2.45) is 0 Å². The van der Waals surface area contributed by atoms with E-state index in [2.05, 4.69) is 13.5 Å². The first-order valence-corrected chi connectivity index (χ1v) is 14.1. The summed E-state index contributed by atoms with van der Waals surface area (Å²) in [6, 6.07) is 0. The highest BCUT2D eigenvalue weighted by Crippen LogP contribution is 2.15. The van der Waals surface area contributed by atoms with Gasteiger partial charge < -0.3 is 9.47 Å². The Morgan fingerprint density at radius 1 is 0.531 bits per heavy atom. The SMILES string of the molecule is C=C(C)C(=O)OCCCCCCCCCCCCCCCCCCCCCCCOCC. The molecule has 0 unspecified atom stereocenters. The van der Waals surface area contributed by atoms with Crippen LogP contribution in [0, 0.1) is 0 Å². The quantitative estimate of drug-likeness (QED) is 0.0744. The fraction of sp³-hybridized carbons (Fsp3) is 0.897. The van der Waals surface area contributed by atoms with Crippen LogP contribution in [0.5, 0.6) is 0 Å². The summed E-state index contributed by atoms with van der Waals surface area (Å²) >= 11 is 0. The molecule has 0 aromatic carbocycles. The highest BCUT2D eigenvalue weighted by Gasteiger charge is 2.01. The molecule has 0 rings (SSSR count). The first kappa shape index (κ1) is 31.2. The molecular formula is C29H56O3. The second kappa shape index (κ2) is 26.4. The van der Waals surface area contributed by atoms with Crippen LogP contribution in [0.15, 0.2) is 12.2 Å². The predicted molar refractivity (Wildman–Crippen MR) is 139 cm³/mol. The molecule has 0 aliphatic heterocycles. The molecule has 0 amide bonds. The van der Waals surface area contributed by atoms with Crippen molar-refractivity contribution in [2.45, 2.75) is 149 Å². The average molecular weight is 453 g/mol. The minimum atomic E-state index is -0.254. The number of carbonyl (C=O) groups excluding carboxylic acids is 1. The van der Waals surface area contributed by atoms with Gasteiger partial charge in [0.2, 0.25) is 0 Å². The van der Waals surface area contributed by atoms with E-state index in [1.54, 1.807) is 6.92 Å². The van der Waals surface area contributed by atoms with Gasteiger partial charge in [-0.1, -0.05) is 129 Å². The summed E-state index contributed by atoms with van der Waals surface area (Å²) < 4.78 is 10.5. The Labute approximate surface area is 201 Å². The third-order valence-corrected chi connectivity index (χ3v) is 6.22. The van der Waals surface area contributed by atoms with E-state index in [1.165, 1.54) is 128 Å². The Bertz CT molecular complexity index is 405. The number of rotatable bonds is 26. The van der Waals surface area contributed by atoms with E-state index in [0.29, 0.717) is 12.2 Å². The van der Waals surface area contributed by atoms with Gasteiger partial charge in [-0.2, -0.15) is 0 Å². The van der Waals surface area contributed by atoms with Gasteiger partial charge in [0.05, 0.1) is 6.61 Å². The molecule has 0 fully saturated rings. The van der Waals surface area contributed by atoms with Crippen molar-refractivity contribution < 1.29 is 14.3 Å². The van der Waals surface area contributed by atoms with E-state index < -0.39 is 0 Å². The minimum absolute atomic E-state index is 0.254. The molecule has 0 N–H and O–H groups in total. The molecule has 190 valence electrons. The fourth-order valence-electron chi connectivity index (χ4n) is 4.10. The number of hydrogen-bond donors (Lipinski definition) is 0. The average Bonchev–Trinajstić information content (AvgIpc) is 2.78. The molecular weight excluding hydrogens is 396 g/mol. The molecule has 0 spiro atoms. The molecule has 0 atom stereocenters. The van der Waals surface area contributed by atoms with Gasteiger partial charge >= 0.3 is 5.97 Å². The molecule has 0 aromatic heterocycles. The summed E-state index contributed by atoms with van der Waals surface area (Å²) in [5.74, 6) is -0.254. The molecule has 0 aliphatic rings. The van der Waals surface area contributed by atoms with E-state index in [1.807, 2.05) is 0 Å². The lowest BCUT2D eigenvalue weighted by atomic mass is 10.0. The van der Waals surface area contributed by atoms with E-state index in [-0.39, 0.29) is 5.97 Å². The van der Waals surface area contributed by atoms with Gasteiger partial charge in [-0.25, -0.2) is 4.79 Å². The number of carbonyl (C=O) groups is 1. The molecule has 0 aliphatic carbocycles. The largest absolute Gasteiger partial charge is 0.462 e. The second-order valence-electron chi connectivity index (χ2n) is 9.54. The monoisotopic (exact) mass is 452 g/mol. The summed E-state index contributed by atoms with van der Waals surface area (Å²) in [5, 5.41) is 0. The van der Waals surface area contributed by atoms with Gasteiger partial charge in [-0.3, -0.25) is 0 Å². The van der Waals surface area contributed by atoms with Crippen molar-refractivity contribution in [1.82, 2.24) is 0 Å². The third-order valence-electron chi connectivity index (χ3n) is 6.22. The summed E-state index contributed by atoms with van der Waals surface area (Å²) in [6.07, 6.45) is 28.6. The first-order chi connectivity index (χ1) is 15.7. The number of esters is 1. The Hall–Kier alpha value is -0.830. The van der Waals surface area contributed by atoms with Crippen molar-refractivity contribution in [3.8, 4) is 0 Å². The van der Waals surface area contributed by atoms with E-state index in [9.17, 15) is 4.79 Å². The van der Waals surface area contributed by atoms with Crippen LogP contribution in [0.2, 0.25) is 0 Å². The van der Waals surface area contributed by atoms with Crippen molar-refractivity contribution in [3.63, 3.8) is 0 Å². The van der Waals surface area contributed by atoms with Crippen molar-refractivity contribution in [1.29, 1.82) is 0 Å². The van der Waals surface area contributed by atoms with Crippen LogP contribution in [0.1, 0.15) is 149 Å². The summed E-state index contributed by atoms with van der Waals surface area (Å²) in [5.41, 5.74) is 0.492. The Balaban J connectivity index is 3.05. The van der Waals surface area contributed by atoms with Crippen LogP contribution in [-0.2, 0) is 14.3 Å². The highest BCUT2D eigenvalue weighted by molar-refractivity contribution is 5.86. The normalized spacial score (nSPS) is 11.1. The van der Waals surface area contributed by atoms with Gasteiger partial charge in [0.25, 0.3) is 0 Å². The van der Waals surface area contributed by atoms with Crippen LogP contribution in [0.4, 0.5) is 0 Å². The highest BCUT2D eigenvalue weighted by atomic mass is 16.5. The van der Waals surface area contributed by atoms with Gasteiger partial charge in [0.15, 0.2) is 0 Å². The maximum Gasteiger partial charge on any atom is 0.333 e. The molecule has 0 radical (unpaired) electrons. The topological polar surface area (TPSA) is 35.5 Å². The van der Waals surface area contributed by atoms with E-state index >= 15 is 0 Å². The smallest absolute Gasteiger partial charge is 0.333 e. The van der Waals surface area contributed by atoms with Gasteiger partial charge in [0.1, 0.15) is 0 Å². The lowest BCUT2D eigenvalue weighted by Gasteiger charge is -2.05. The second-order valence-corrected chi connectivity index (χ2v) is 9.54. The summed E-state index contributed by atoms with van der Waals surface area (Å²) in [4.78, 5) is 11.2. The Kier molecular flexibility index (Phi) is 25.7. The third kappa shape index (κ3) is 25.4. The first-order valence-electron chi connectivity index (χ1n) is 14.1. The maximum atomic E-state index is 11.2. The molecule has 0 aromatic rings. The van der Waals surface area contributed by atoms with Crippen molar-refractivity contribution in [3.05, 3.63) is 12.2 Å². The lowest BCUT2D eigenvalue weighted by molar-refractivity contribution is -0.139. The van der Waals surface area contributed by atoms with Crippen LogP contribution in [0.25, 0.3) is 0 Å². The summed E-state index contributed by atoms with van der Waals surface area (Å²) in [6.45, 7) is 9.72. The molecule has 32 heavy (non-hydrogen) atoms. The lowest BCUT2D eigenvalue weighted by Crippen LogP contribution is -2.05. The number of ether oxygens (including phenoxy) is 2. The van der Waals surface area contributed by atoms with Gasteiger partial charge in [-0.05, 0) is 26.7 Å². The predicted octanol–water partition coefficient (Wildman–Crippen LogP) is 9.33. The number of unbranched alkanes of at least 4 members (excludes halogenated alkanes) is 20. The Morgan fingerprint density at radius 2 is 0.812 bits per heavy atom. The minimum Gasteiger partial charge on any atom is -0.462 e. The van der Waals surface area contributed by atoms with Crippen LogP contribution in [0.3, 0.4) is 0 Å². The molecule has 3 heteroatoms. The van der Waals surface area contributed by atoms with Gasteiger partial charge in [0, 0.05) is 18.8 Å². The summed E-state index contributed by atoms with van der Waals surface area (Å²) in [7, 11) is 0. The van der Waals surface area contributed by atoms with E-state index in [0.717, 1.165) is 19.6 Å². The molecule has 0 heterocycles. The van der Waals surface area contributed by atoms with E-state index in [4.69, 9.17) is 9.47 Å².